The van der Waals surface area contributed by atoms with Gasteiger partial charge in [0, 0.05) is 6.54 Å². The number of rotatable bonds is 4. The molecule has 0 aliphatic rings. The highest BCUT2D eigenvalue weighted by molar-refractivity contribution is 5.52. The van der Waals surface area contributed by atoms with Gasteiger partial charge in [-0.1, -0.05) is 42.0 Å². The second-order valence-electron chi connectivity index (χ2n) is 3.48. The number of hydrogen-bond donors (Lipinski definition) is 1. The van der Waals surface area contributed by atoms with Gasteiger partial charge in [0.25, 0.3) is 0 Å². The van der Waals surface area contributed by atoms with Gasteiger partial charge in [0.1, 0.15) is 0 Å². The van der Waals surface area contributed by atoms with Crippen LogP contribution in [0.5, 0.6) is 0 Å². The van der Waals surface area contributed by atoms with Crippen LogP contribution >= 0.6 is 0 Å². The lowest BCUT2D eigenvalue weighted by atomic mass is 9.99. The molecule has 0 saturated carbocycles. The van der Waals surface area contributed by atoms with Crippen molar-refractivity contribution >= 4 is 6.08 Å². The number of halogens is 2. The summed E-state index contributed by atoms with van der Waals surface area (Å²) in [5.41, 5.74) is 6.86. The van der Waals surface area contributed by atoms with Crippen LogP contribution < -0.4 is 5.73 Å². The normalized spacial score (nSPS) is 14.3. The SMILES string of the molecule is C/C(=C\c1ccccc1)C(CN)C(F)F. The quantitative estimate of drug-likeness (QED) is 0.814. The van der Waals surface area contributed by atoms with Crippen LogP contribution in [0.4, 0.5) is 8.78 Å². The van der Waals surface area contributed by atoms with Crippen molar-refractivity contribution < 1.29 is 8.78 Å². The lowest BCUT2D eigenvalue weighted by Gasteiger charge is -2.14. The maximum atomic E-state index is 12.5. The van der Waals surface area contributed by atoms with Gasteiger partial charge in [0.2, 0.25) is 6.43 Å². The average molecular weight is 211 g/mol. The molecule has 0 aliphatic carbocycles. The zero-order valence-corrected chi connectivity index (χ0v) is 8.66. The predicted molar refractivity (Wildman–Crippen MR) is 58.6 cm³/mol. The van der Waals surface area contributed by atoms with Crippen molar-refractivity contribution in [1.82, 2.24) is 0 Å². The predicted octanol–water partition coefficient (Wildman–Crippen LogP) is 2.93. The van der Waals surface area contributed by atoms with Crippen molar-refractivity contribution in [3.8, 4) is 0 Å². The summed E-state index contributed by atoms with van der Waals surface area (Å²) in [5, 5.41) is 0. The first kappa shape index (κ1) is 11.9. The molecule has 2 N–H and O–H groups in total. The van der Waals surface area contributed by atoms with Crippen LogP contribution in [0, 0.1) is 5.92 Å². The molecule has 0 radical (unpaired) electrons. The van der Waals surface area contributed by atoms with Gasteiger partial charge in [-0.05, 0) is 12.5 Å². The van der Waals surface area contributed by atoms with Crippen molar-refractivity contribution in [2.45, 2.75) is 13.3 Å². The summed E-state index contributed by atoms with van der Waals surface area (Å²) < 4.78 is 25.1. The Balaban J connectivity index is 2.83. The highest BCUT2D eigenvalue weighted by Crippen LogP contribution is 2.20. The zero-order chi connectivity index (χ0) is 11.3. The molecular formula is C12H15F2N. The summed E-state index contributed by atoms with van der Waals surface area (Å²) in [6, 6.07) is 9.39. The smallest absolute Gasteiger partial charge is 0.246 e. The van der Waals surface area contributed by atoms with Crippen LogP contribution in [-0.2, 0) is 0 Å². The Hall–Kier alpha value is -1.22. The van der Waals surface area contributed by atoms with E-state index in [4.69, 9.17) is 5.73 Å². The number of hydrogen-bond acceptors (Lipinski definition) is 1. The van der Waals surface area contributed by atoms with Crippen molar-refractivity contribution in [3.63, 3.8) is 0 Å². The fourth-order valence-corrected chi connectivity index (χ4v) is 1.41. The number of benzene rings is 1. The summed E-state index contributed by atoms with van der Waals surface area (Å²) >= 11 is 0. The molecule has 82 valence electrons. The minimum absolute atomic E-state index is 0.0210. The Labute approximate surface area is 88.6 Å². The van der Waals surface area contributed by atoms with Crippen molar-refractivity contribution in [2.24, 2.45) is 11.7 Å². The highest BCUT2D eigenvalue weighted by atomic mass is 19.3. The van der Waals surface area contributed by atoms with Gasteiger partial charge in [-0.3, -0.25) is 0 Å². The number of nitrogens with two attached hydrogens (primary N) is 1. The van der Waals surface area contributed by atoms with Crippen LogP contribution in [0.3, 0.4) is 0 Å². The first-order valence-corrected chi connectivity index (χ1v) is 4.86. The molecule has 1 unspecified atom stereocenters. The second kappa shape index (κ2) is 5.61. The molecule has 0 amide bonds. The summed E-state index contributed by atoms with van der Waals surface area (Å²) in [4.78, 5) is 0. The highest BCUT2D eigenvalue weighted by Gasteiger charge is 2.19. The minimum Gasteiger partial charge on any atom is -0.330 e. The van der Waals surface area contributed by atoms with Gasteiger partial charge < -0.3 is 5.73 Å². The maximum Gasteiger partial charge on any atom is 0.246 e. The average Bonchev–Trinajstić information content (AvgIpc) is 2.19. The maximum absolute atomic E-state index is 12.5. The lowest BCUT2D eigenvalue weighted by molar-refractivity contribution is 0.0991. The lowest BCUT2D eigenvalue weighted by Crippen LogP contribution is -2.22. The molecule has 1 aromatic carbocycles. The van der Waals surface area contributed by atoms with Gasteiger partial charge in [-0.15, -0.1) is 0 Å². The molecule has 1 atom stereocenters. The Bertz CT molecular complexity index is 320. The van der Waals surface area contributed by atoms with Crippen LogP contribution in [0.1, 0.15) is 12.5 Å². The molecule has 0 heterocycles. The fourth-order valence-electron chi connectivity index (χ4n) is 1.41. The van der Waals surface area contributed by atoms with Crippen molar-refractivity contribution in [2.75, 3.05) is 6.54 Å². The molecule has 0 aliphatic heterocycles. The van der Waals surface area contributed by atoms with E-state index in [1.807, 2.05) is 30.3 Å². The second-order valence-corrected chi connectivity index (χ2v) is 3.48. The molecule has 1 rings (SSSR count). The molecule has 15 heavy (non-hydrogen) atoms. The van der Waals surface area contributed by atoms with E-state index in [0.29, 0.717) is 5.57 Å². The topological polar surface area (TPSA) is 26.0 Å². The fraction of sp³-hybridized carbons (Fsp3) is 0.333. The summed E-state index contributed by atoms with van der Waals surface area (Å²) in [7, 11) is 0. The van der Waals surface area contributed by atoms with E-state index in [2.05, 4.69) is 0 Å². The van der Waals surface area contributed by atoms with E-state index in [9.17, 15) is 8.78 Å². The monoisotopic (exact) mass is 211 g/mol. The third-order valence-electron chi connectivity index (χ3n) is 2.34. The van der Waals surface area contributed by atoms with Crippen molar-refractivity contribution in [1.29, 1.82) is 0 Å². The van der Waals surface area contributed by atoms with E-state index in [1.165, 1.54) is 0 Å². The van der Waals surface area contributed by atoms with E-state index < -0.39 is 12.3 Å². The van der Waals surface area contributed by atoms with Crippen molar-refractivity contribution in [3.05, 3.63) is 41.5 Å². The zero-order valence-electron chi connectivity index (χ0n) is 8.66. The Morgan fingerprint density at radius 2 is 1.93 bits per heavy atom. The molecule has 0 saturated heterocycles. The Kier molecular flexibility index (Phi) is 4.43. The molecular weight excluding hydrogens is 196 g/mol. The molecule has 1 aromatic rings. The van der Waals surface area contributed by atoms with E-state index in [0.717, 1.165) is 5.56 Å². The molecule has 1 nitrogen and oxygen atoms in total. The Morgan fingerprint density at radius 3 is 2.40 bits per heavy atom. The molecule has 0 bridgehead atoms. The first-order chi connectivity index (χ1) is 7.15. The van der Waals surface area contributed by atoms with E-state index in [1.54, 1.807) is 13.0 Å². The Morgan fingerprint density at radius 1 is 1.33 bits per heavy atom. The summed E-state index contributed by atoms with van der Waals surface area (Å²) in [5.74, 6) is -0.842. The van der Waals surface area contributed by atoms with Gasteiger partial charge in [0.15, 0.2) is 0 Å². The van der Waals surface area contributed by atoms with Crippen LogP contribution in [0.15, 0.2) is 35.9 Å². The largest absolute Gasteiger partial charge is 0.330 e. The van der Waals surface area contributed by atoms with Gasteiger partial charge >= 0.3 is 0 Å². The van der Waals surface area contributed by atoms with E-state index in [-0.39, 0.29) is 6.54 Å². The van der Waals surface area contributed by atoms with Crippen LogP contribution in [0.2, 0.25) is 0 Å². The standard InChI is InChI=1S/C12H15F2N/c1-9(11(8-15)12(13)14)7-10-5-3-2-4-6-10/h2-7,11-12H,8,15H2,1H3/b9-7+. The minimum atomic E-state index is -2.39. The summed E-state index contributed by atoms with van der Waals surface area (Å²) in [6.07, 6.45) is -0.640. The third kappa shape index (κ3) is 3.44. The summed E-state index contributed by atoms with van der Waals surface area (Å²) in [6.45, 7) is 1.67. The molecule has 0 aromatic heterocycles. The van der Waals surface area contributed by atoms with Crippen LogP contribution in [-0.4, -0.2) is 13.0 Å². The number of alkyl halides is 2. The molecule has 0 fully saturated rings. The molecule has 0 spiro atoms. The van der Waals surface area contributed by atoms with E-state index >= 15 is 0 Å². The van der Waals surface area contributed by atoms with Gasteiger partial charge in [-0.2, -0.15) is 0 Å². The van der Waals surface area contributed by atoms with Crippen LogP contribution in [0.25, 0.3) is 6.08 Å². The molecule has 3 heteroatoms. The first-order valence-electron chi connectivity index (χ1n) is 4.86. The van der Waals surface area contributed by atoms with Gasteiger partial charge in [-0.25, -0.2) is 8.78 Å². The van der Waals surface area contributed by atoms with Gasteiger partial charge in [0.05, 0.1) is 5.92 Å². The third-order valence-corrected chi connectivity index (χ3v) is 2.34.